The van der Waals surface area contributed by atoms with Gasteiger partial charge in [0.2, 0.25) is 5.91 Å². The number of ether oxygens (including phenoxy) is 1. The summed E-state index contributed by atoms with van der Waals surface area (Å²) in [5.74, 6) is -1.21. The summed E-state index contributed by atoms with van der Waals surface area (Å²) in [5, 5.41) is 9.00. The fourth-order valence-corrected chi connectivity index (χ4v) is 4.04. The van der Waals surface area contributed by atoms with Gasteiger partial charge in [0.05, 0.1) is 15.9 Å². The third-order valence-corrected chi connectivity index (χ3v) is 6.40. The van der Waals surface area contributed by atoms with Crippen molar-refractivity contribution in [2.75, 3.05) is 0 Å². The molecule has 1 amide bonds. The van der Waals surface area contributed by atoms with E-state index in [1.807, 2.05) is 0 Å². The van der Waals surface area contributed by atoms with Gasteiger partial charge in [0.25, 0.3) is 10.0 Å². The number of hydrogen-bond donors (Lipinski definition) is 2. The molecule has 2 N–H and O–H groups in total. The van der Waals surface area contributed by atoms with Crippen LogP contribution in [0, 0.1) is 11.3 Å². The molecule has 2 aromatic rings. The number of rotatable bonds is 8. The van der Waals surface area contributed by atoms with Crippen molar-refractivity contribution in [2.24, 2.45) is 11.3 Å². The number of amides is 1. The molecule has 0 aromatic heterocycles. The Morgan fingerprint density at radius 1 is 1.28 bits per heavy atom. The first-order chi connectivity index (χ1) is 13.7. The van der Waals surface area contributed by atoms with Crippen molar-refractivity contribution in [2.45, 2.75) is 24.8 Å². The molecule has 3 rings (SSSR count). The highest BCUT2D eigenvalue weighted by molar-refractivity contribution is 7.90. The topological polar surface area (TPSA) is 110 Å². The molecule has 29 heavy (non-hydrogen) atoms. The number of carbonyl (C=O) groups excluding carboxylic acids is 1. The molecule has 1 aliphatic carbocycles. The van der Waals surface area contributed by atoms with Gasteiger partial charge >= 0.3 is 5.97 Å². The normalized spacial score (nSPS) is 20.5. The number of carboxylic acids is 1. The molecule has 7 nitrogen and oxygen atoms in total. The van der Waals surface area contributed by atoms with E-state index in [1.165, 1.54) is 24.3 Å². The smallest absolute Gasteiger partial charge is 0.335 e. The largest absolute Gasteiger partial charge is 0.489 e. The van der Waals surface area contributed by atoms with Crippen LogP contribution in [0.15, 0.2) is 66.1 Å². The molecule has 0 saturated heterocycles. The van der Waals surface area contributed by atoms with Gasteiger partial charge in [0.1, 0.15) is 12.4 Å². The lowest BCUT2D eigenvalue weighted by atomic mass is 10.1. The molecule has 0 unspecified atom stereocenters. The van der Waals surface area contributed by atoms with Gasteiger partial charge in [-0.3, -0.25) is 4.79 Å². The number of hydrogen-bond acceptors (Lipinski definition) is 5. The second kappa shape index (κ2) is 7.71. The van der Waals surface area contributed by atoms with Crippen molar-refractivity contribution in [3.05, 3.63) is 72.3 Å². The number of carbonyl (C=O) groups is 2. The Morgan fingerprint density at radius 2 is 1.97 bits per heavy atom. The van der Waals surface area contributed by atoms with Crippen molar-refractivity contribution in [1.29, 1.82) is 0 Å². The number of nitrogens with one attached hydrogen (secondary N) is 1. The van der Waals surface area contributed by atoms with Crippen LogP contribution in [0.25, 0.3) is 0 Å². The van der Waals surface area contributed by atoms with Crippen molar-refractivity contribution < 1.29 is 27.9 Å². The molecule has 0 bridgehead atoms. The van der Waals surface area contributed by atoms with E-state index in [1.54, 1.807) is 37.3 Å². The summed E-state index contributed by atoms with van der Waals surface area (Å²) in [6.07, 6.45) is 2.24. The van der Waals surface area contributed by atoms with E-state index >= 15 is 0 Å². The second-order valence-electron chi connectivity index (χ2n) is 7.16. The van der Waals surface area contributed by atoms with Gasteiger partial charge in [0.15, 0.2) is 0 Å². The minimum absolute atomic E-state index is 0.0168. The molecule has 0 spiro atoms. The molecule has 0 radical (unpaired) electrons. The van der Waals surface area contributed by atoms with E-state index < -0.39 is 27.3 Å². The summed E-state index contributed by atoms with van der Waals surface area (Å²) in [6.45, 7) is 5.49. The van der Waals surface area contributed by atoms with E-state index in [0.717, 1.165) is 0 Å². The molecular formula is C21H21NO6S. The summed E-state index contributed by atoms with van der Waals surface area (Å²) in [4.78, 5) is 23.3. The maximum atomic E-state index is 12.5. The highest BCUT2D eigenvalue weighted by Crippen LogP contribution is 2.53. The maximum Gasteiger partial charge on any atom is 0.335 e. The van der Waals surface area contributed by atoms with Crippen LogP contribution in [0.5, 0.6) is 5.75 Å². The van der Waals surface area contributed by atoms with Crippen LogP contribution in [0.1, 0.15) is 29.3 Å². The van der Waals surface area contributed by atoms with Crippen molar-refractivity contribution in [3.63, 3.8) is 0 Å². The van der Waals surface area contributed by atoms with E-state index in [0.29, 0.717) is 17.7 Å². The van der Waals surface area contributed by atoms with Crippen molar-refractivity contribution >= 4 is 21.9 Å². The number of carboxylic acid groups (broad SMARTS) is 1. The molecule has 1 fully saturated rings. The van der Waals surface area contributed by atoms with Crippen LogP contribution in [0.2, 0.25) is 0 Å². The first kappa shape index (κ1) is 20.6. The third-order valence-electron chi connectivity index (χ3n) is 5.05. The Balaban J connectivity index is 1.63. The van der Waals surface area contributed by atoms with Crippen LogP contribution in [0.4, 0.5) is 0 Å². The Bertz CT molecular complexity index is 1060. The molecule has 2 aromatic carbocycles. The average Bonchev–Trinajstić information content (AvgIpc) is 3.39. The predicted molar refractivity (Wildman–Crippen MR) is 106 cm³/mol. The molecule has 2 atom stereocenters. The van der Waals surface area contributed by atoms with Crippen LogP contribution in [-0.2, 0) is 21.4 Å². The zero-order valence-electron chi connectivity index (χ0n) is 15.8. The lowest BCUT2D eigenvalue weighted by molar-refractivity contribution is -0.124. The number of aromatic carboxylic acids is 1. The third kappa shape index (κ3) is 4.48. The highest BCUT2D eigenvalue weighted by Gasteiger charge is 2.55. The zero-order chi connectivity index (χ0) is 21.2. The van der Waals surface area contributed by atoms with Crippen molar-refractivity contribution in [1.82, 2.24) is 4.72 Å². The van der Waals surface area contributed by atoms with Gasteiger partial charge in [0, 0.05) is 0 Å². The molecule has 1 aliphatic rings. The van der Waals surface area contributed by atoms with Gasteiger partial charge < -0.3 is 9.84 Å². The summed E-state index contributed by atoms with van der Waals surface area (Å²) >= 11 is 0. The van der Waals surface area contributed by atoms with Crippen LogP contribution in [0.3, 0.4) is 0 Å². The lowest BCUT2D eigenvalue weighted by Crippen LogP contribution is -2.36. The summed E-state index contributed by atoms with van der Waals surface area (Å²) < 4.78 is 32.6. The zero-order valence-corrected chi connectivity index (χ0v) is 16.6. The first-order valence-electron chi connectivity index (χ1n) is 8.90. The Labute approximate surface area is 169 Å². The molecule has 0 aliphatic heterocycles. The number of sulfonamides is 1. The minimum atomic E-state index is -3.97. The fourth-order valence-electron chi connectivity index (χ4n) is 2.95. The van der Waals surface area contributed by atoms with Crippen LogP contribution < -0.4 is 9.46 Å². The Hall–Kier alpha value is -3.13. The molecule has 1 saturated carbocycles. The average molecular weight is 415 g/mol. The summed E-state index contributed by atoms with van der Waals surface area (Å²) in [5.41, 5.74) is 0.0761. The van der Waals surface area contributed by atoms with Gasteiger partial charge in [-0.15, -0.1) is 6.58 Å². The SMILES string of the molecule is C=C[C@@H]1C[C@]1(C)C(=O)NS(=O)(=O)c1ccc(COc2cccc(C(=O)O)c2)cc1. The second-order valence-corrected chi connectivity index (χ2v) is 8.85. The predicted octanol–water partition coefficient (Wildman–Crippen LogP) is 2.98. The van der Waals surface area contributed by atoms with E-state index in [-0.39, 0.29) is 23.0 Å². The molecule has 8 heteroatoms. The maximum absolute atomic E-state index is 12.5. The quantitative estimate of drug-likeness (QED) is 0.642. The summed E-state index contributed by atoms with van der Waals surface area (Å²) in [7, 11) is -3.97. The van der Waals surface area contributed by atoms with Gasteiger partial charge in [-0.2, -0.15) is 0 Å². The standard InChI is InChI=1S/C21H21NO6S/c1-3-16-12-21(16,2)20(25)22-29(26,27)18-9-7-14(8-10-18)13-28-17-6-4-5-15(11-17)19(23)24/h3-11,16H,1,12-13H2,2H3,(H,22,25)(H,23,24)/t16-,21+/m1/s1. The minimum Gasteiger partial charge on any atom is -0.489 e. The Morgan fingerprint density at radius 3 is 2.55 bits per heavy atom. The van der Waals surface area contributed by atoms with Crippen LogP contribution >= 0.6 is 0 Å². The van der Waals surface area contributed by atoms with Crippen LogP contribution in [-0.4, -0.2) is 25.4 Å². The monoisotopic (exact) mass is 415 g/mol. The Kier molecular flexibility index (Phi) is 5.48. The summed E-state index contributed by atoms with van der Waals surface area (Å²) in [6, 6.07) is 12.0. The highest BCUT2D eigenvalue weighted by atomic mass is 32.2. The lowest BCUT2D eigenvalue weighted by Gasteiger charge is -2.12. The van der Waals surface area contributed by atoms with Gasteiger partial charge in [-0.25, -0.2) is 17.9 Å². The number of allylic oxidation sites excluding steroid dienone is 1. The first-order valence-corrected chi connectivity index (χ1v) is 10.4. The molecular weight excluding hydrogens is 394 g/mol. The number of benzene rings is 2. The van der Waals surface area contributed by atoms with Gasteiger partial charge in [-0.1, -0.05) is 31.2 Å². The van der Waals surface area contributed by atoms with Gasteiger partial charge in [-0.05, 0) is 48.2 Å². The molecule has 152 valence electrons. The van der Waals surface area contributed by atoms with Crippen molar-refractivity contribution in [3.8, 4) is 5.75 Å². The van der Waals surface area contributed by atoms with E-state index in [9.17, 15) is 18.0 Å². The fraction of sp³-hybridized carbons (Fsp3) is 0.238. The van der Waals surface area contributed by atoms with E-state index in [4.69, 9.17) is 9.84 Å². The van der Waals surface area contributed by atoms with E-state index in [2.05, 4.69) is 11.3 Å². The molecule has 0 heterocycles.